The monoisotopic (exact) mass is 169 g/mol. The first-order chi connectivity index (χ1) is 5.76. The molecule has 0 radical (unpaired) electrons. The Balaban J connectivity index is 2.27. The van der Waals surface area contributed by atoms with Gasteiger partial charge in [-0.05, 0) is 19.8 Å². The number of ether oxygens (including phenoxy) is 1. The third-order valence-electron chi connectivity index (χ3n) is 2.70. The van der Waals surface area contributed by atoms with Crippen LogP contribution in [0, 0.1) is 5.41 Å². The quantitative estimate of drug-likeness (QED) is 0.502. The summed E-state index contributed by atoms with van der Waals surface area (Å²) in [6.07, 6.45) is 1.42. The summed E-state index contributed by atoms with van der Waals surface area (Å²) in [5.74, 6) is -0.205. The van der Waals surface area contributed by atoms with E-state index >= 15 is 0 Å². The molecule has 66 valence electrons. The van der Waals surface area contributed by atoms with Crippen LogP contribution < -0.4 is 0 Å². The van der Waals surface area contributed by atoms with Crippen molar-refractivity contribution in [2.24, 2.45) is 10.6 Å². The van der Waals surface area contributed by atoms with Gasteiger partial charge in [0.05, 0.1) is 5.71 Å². The Kier molecular flexibility index (Phi) is 1.65. The molecule has 0 aromatic rings. The highest BCUT2D eigenvalue weighted by Gasteiger charge is 2.48. The molecule has 0 aliphatic carbocycles. The fourth-order valence-corrected chi connectivity index (χ4v) is 1.72. The van der Waals surface area contributed by atoms with Gasteiger partial charge in [-0.15, -0.1) is 0 Å². The number of hydrogen-bond donors (Lipinski definition) is 0. The summed E-state index contributed by atoms with van der Waals surface area (Å²) in [4.78, 5) is 16.0. The van der Waals surface area contributed by atoms with Crippen molar-refractivity contribution < 1.29 is 14.4 Å². The number of hydrogen-bond acceptors (Lipinski definition) is 4. The number of rotatable bonds is 0. The maximum atomic E-state index is 11.4. The molecule has 0 bridgehead atoms. The van der Waals surface area contributed by atoms with Crippen molar-refractivity contribution in [1.29, 1.82) is 0 Å². The molecule has 12 heavy (non-hydrogen) atoms. The van der Waals surface area contributed by atoms with E-state index < -0.39 is 5.41 Å². The van der Waals surface area contributed by atoms with Crippen molar-refractivity contribution in [1.82, 2.24) is 0 Å². The zero-order valence-electron chi connectivity index (χ0n) is 7.00. The summed E-state index contributed by atoms with van der Waals surface area (Å²) >= 11 is 0. The van der Waals surface area contributed by atoms with Crippen LogP contribution in [0.3, 0.4) is 0 Å². The summed E-state index contributed by atoms with van der Waals surface area (Å²) in [5, 5.41) is 3.71. The molecule has 1 spiro atoms. The first kappa shape index (κ1) is 7.73. The maximum absolute atomic E-state index is 11.4. The maximum Gasteiger partial charge on any atom is 0.346 e. The van der Waals surface area contributed by atoms with Crippen LogP contribution in [-0.4, -0.2) is 24.9 Å². The van der Waals surface area contributed by atoms with E-state index in [9.17, 15) is 4.79 Å². The van der Waals surface area contributed by atoms with Crippen LogP contribution in [0.15, 0.2) is 5.16 Å². The van der Waals surface area contributed by atoms with Crippen molar-refractivity contribution in [2.45, 2.75) is 19.8 Å². The van der Waals surface area contributed by atoms with Gasteiger partial charge < -0.3 is 9.57 Å². The zero-order valence-corrected chi connectivity index (χ0v) is 7.00. The highest BCUT2D eigenvalue weighted by Crippen LogP contribution is 2.37. The molecule has 2 aliphatic rings. The smallest absolute Gasteiger partial charge is 0.346 e. The van der Waals surface area contributed by atoms with Gasteiger partial charge in [0, 0.05) is 13.2 Å². The molecule has 1 saturated heterocycles. The molecule has 0 amide bonds. The molecule has 0 saturated carbocycles. The lowest BCUT2D eigenvalue weighted by molar-refractivity contribution is -0.151. The van der Waals surface area contributed by atoms with E-state index in [4.69, 9.17) is 4.74 Å². The van der Waals surface area contributed by atoms with Gasteiger partial charge in [-0.2, -0.15) is 0 Å². The van der Waals surface area contributed by atoms with Gasteiger partial charge in [-0.3, -0.25) is 0 Å². The minimum Gasteiger partial charge on any atom is -0.381 e. The molecule has 2 aliphatic heterocycles. The predicted molar refractivity (Wildman–Crippen MR) is 41.7 cm³/mol. The van der Waals surface area contributed by atoms with E-state index in [0.717, 1.165) is 5.71 Å². The molecular formula is C8H11NO3. The molecule has 0 aromatic carbocycles. The molecule has 4 heteroatoms. The van der Waals surface area contributed by atoms with Gasteiger partial charge >= 0.3 is 5.97 Å². The third-order valence-corrected chi connectivity index (χ3v) is 2.70. The Hall–Kier alpha value is -0.900. The first-order valence-corrected chi connectivity index (χ1v) is 4.10. The lowest BCUT2D eigenvalue weighted by Gasteiger charge is -2.28. The highest BCUT2D eigenvalue weighted by molar-refractivity contribution is 6.08. The summed E-state index contributed by atoms with van der Waals surface area (Å²) in [7, 11) is 0. The normalized spacial score (nSPS) is 27.1. The number of carbonyl (C=O) groups excluding carboxylic acids is 1. The second kappa shape index (κ2) is 2.55. The van der Waals surface area contributed by atoms with E-state index in [-0.39, 0.29) is 5.97 Å². The van der Waals surface area contributed by atoms with Crippen LogP contribution in [0.4, 0.5) is 0 Å². The van der Waals surface area contributed by atoms with E-state index in [1.54, 1.807) is 0 Å². The molecule has 0 atom stereocenters. The standard InChI is InChI=1S/C8H11NO3/c1-6-8(7(10)12-9-6)2-4-11-5-3-8/h2-5H2,1H3. The first-order valence-electron chi connectivity index (χ1n) is 4.10. The Morgan fingerprint density at radius 2 is 2.08 bits per heavy atom. The fourth-order valence-electron chi connectivity index (χ4n) is 1.72. The third kappa shape index (κ3) is 0.876. The molecule has 4 nitrogen and oxygen atoms in total. The highest BCUT2D eigenvalue weighted by atomic mass is 16.7. The van der Waals surface area contributed by atoms with Crippen molar-refractivity contribution in [3.63, 3.8) is 0 Å². The molecule has 0 N–H and O–H groups in total. The van der Waals surface area contributed by atoms with Gasteiger partial charge in [-0.25, -0.2) is 4.79 Å². The number of nitrogens with zero attached hydrogens (tertiary/aromatic N) is 1. The molecule has 2 rings (SSSR count). The van der Waals surface area contributed by atoms with E-state index in [2.05, 4.69) is 9.99 Å². The molecule has 0 aromatic heterocycles. The minimum atomic E-state index is -0.446. The zero-order chi connectivity index (χ0) is 8.60. The van der Waals surface area contributed by atoms with Crippen LogP contribution >= 0.6 is 0 Å². The minimum absolute atomic E-state index is 0.205. The fraction of sp³-hybridized carbons (Fsp3) is 0.750. The largest absolute Gasteiger partial charge is 0.381 e. The predicted octanol–water partition coefficient (Wildman–Crippen LogP) is 0.716. The Labute approximate surface area is 70.5 Å². The van der Waals surface area contributed by atoms with Gasteiger partial charge in [0.2, 0.25) is 0 Å². The van der Waals surface area contributed by atoms with Crippen molar-refractivity contribution >= 4 is 11.7 Å². The van der Waals surface area contributed by atoms with Crippen LogP contribution in [0.1, 0.15) is 19.8 Å². The van der Waals surface area contributed by atoms with Crippen LogP contribution in [-0.2, 0) is 14.4 Å². The summed E-state index contributed by atoms with van der Waals surface area (Å²) < 4.78 is 5.19. The van der Waals surface area contributed by atoms with E-state index in [0.29, 0.717) is 26.1 Å². The van der Waals surface area contributed by atoms with E-state index in [1.807, 2.05) is 6.92 Å². The van der Waals surface area contributed by atoms with Crippen molar-refractivity contribution in [3.8, 4) is 0 Å². The molecule has 0 unspecified atom stereocenters. The molecule has 2 heterocycles. The van der Waals surface area contributed by atoms with Crippen LogP contribution in [0.25, 0.3) is 0 Å². The average Bonchev–Trinajstić information content (AvgIpc) is 2.36. The summed E-state index contributed by atoms with van der Waals surface area (Å²) in [5.41, 5.74) is 0.355. The lowest BCUT2D eigenvalue weighted by Crippen LogP contribution is -2.39. The second-order valence-electron chi connectivity index (χ2n) is 3.25. The Bertz CT molecular complexity index is 241. The van der Waals surface area contributed by atoms with Gasteiger partial charge in [0.15, 0.2) is 0 Å². The number of oxime groups is 1. The van der Waals surface area contributed by atoms with Crippen LogP contribution in [0.2, 0.25) is 0 Å². The Morgan fingerprint density at radius 1 is 1.42 bits per heavy atom. The van der Waals surface area contributed by atoms with Gasteiger partial charge in [0.1, 0.15) is 5.41 Å². The number of carbonyl (C=O) groups is 1. The van der Waals surface area contributed by atoms with Crippen molar-refractivity contribution in [2.75, 3.05) is 13.2 Å². The molecule has 1 fully saturated rings. The SMILES string of the molecule is CC1=NOC(=O)C12CCOCC2. The lowest BCUT2D eigenvalue weighted by atomic mass is 9.77. The second-order valence-corrected chi connectivity index (χ2v) is 3.25. The van der Waals surface area contributed by atoms with E-state index in [1.165, 1.54) is 0 Å². The summed E-state index contributed by atoms with van der Waals surface area (Å²) in [6, 6.07) is 0. The van der Waals surface area contributed by atoms with Crippen molar-refractivity contribution in [3.05, 3.63) is 0 Å². The van der Waals surface area contributed by atoms with Gasteiger partial charge in [-0.1, -0.05) is 5.16 Å². The Morgan fingerprint density at radius 3 is 2.58 bits per heavy atom. The van der Waals surface area contributed by atoms with Crippen LogP contribution in [0.5, 0.6) is 0 Å². The average molecular weight is 169 g/mol. The summed E-state index contributed by atoms with van der Waals surface area (Å²) in [6.45, 7) is 3.10. The molecular weight excluding hydrogens is 158 g/mol. The van der Waals surface area contributed by atoms with Gasteiger partial charge in [0.25, 0.3) is 0 Å². The topological polar surface area (TPSA) is 47.9 Å².